The van der Waals surface area contributed by atoms with Gasteiger partial charge in [0.2, 0.25) is 6.54 Å². The molecule has 0 saturated carbocycles. The van der Waals surface area contributed by atoms with Crippen LogP contribution in [0.2, 0.25) is 0 Å². The second-order valence-electron chi connectivity index (χ2n) is 6.25. The molecule has 1 amide bonds. The predicted molar refractivity (Wildman–Crippen MR) is 103 cm³/mol. The third-order valence-electron chi connectivity index (χ3n) is 4.20. The number of anilines is 1. The summed E-state index contributed by atoms with van der Waals surface area (Å²) in [5.41, 5.74) is 5.34. The van der Waals surface area contributed by atoms with E-state index in [2.05, 4.69) is 10.2 Å². The SMILES string of the molecule is [C-]#[N+]c1cc(C)c(NC(=O)C[n+]2cccc(-c3ccccc3)c2)c(C)c1. The van der Waals surface area contributed by atoms with Gasteiger partial charge in [-0.2, -0.15) is 4.57 Å². The molecule has 2 aromatic carbocycles. The molecule has 0 aliphatic carbocycles. The standard InChI is InChI=1S/C22H19N3O/c1-16-12-20(23-3)13-17(2)22(16)24-21(26)15-25-11-7-10-19(14-25)18-8-5-4-6-9-18/h4-14H,15H2,1-2H3/p+1. The lowest BCUT2D eigenvalue weighted by Crippen LogP contribution is -2.39. The zero-order chi connectivity index (χ0) is 18.5. The van der Waals surface area contributed by atoms with Gasteiger partial charge in [0.05, 0.1) is 6.57 Å². The van der Waals surface area contributed by atoms with E-state index >= 15 is 0 Å². The molecule has 0 atom stereocenters. The van der Waals surface area contributed by atoms with Crippen LogP contribution in [-0.2, 0) is 11.3 Å². The summed E-state index contributed by atoms with van der Waals surface area (Å²) >= 11 is 0. The van der Waals surface area contributed by atoms with Crippen LogP contribution in [-0.4, -0.2) is 5.91 Å². The van der Waals surface area contributed by atoms with E-state index in [-0.39, 0.29) is 12.5 Å². The number of benzene rings is 2. The van der Waals surface area contributed by atoms with Crippen molar-refractivity contribution >= 4 is 17.3 Å². The highest BCUT2D eigenvalue weighted by Crippen LogP contribution is 2.26. The Bertz CT molecular complexity index is 965. The van der Waals surface area contributed by atoms with Crippen LogP contribution in [0.15, 0.2) is 67.0 Å². The second kappa shape index (κ2) is 7.62. The highest BCUT2D eigenvalue weighted by Gasteiger charge is 2.14. The van der Waals surface area contributed by atoms with Crippen molar-refractivity contribution in [2.24, 2.45) is 0 Å². The fourth-order valence-corrected chi connectivity index (χ4v) is 2.97. The number of hydrogen-bond donors (Lipinski definition) is 1. The summed E-state index contributed by atoms with van der Waals surface area (Å²) in [4.78, 5) is 15.9. The molecule has 0 aliphatic heterocycles. The molecule has 1 N–H and O–H groups in total. The van der Waals surface area contributed by atoms with Crippen LogP contribution in [0.3, 0.4) is 0 Å². The van der Waals surface area contributed by atoms with Gasteiger partial charge >= 0.3 is 0 Å². The first-order chi connectivity index (χ1) is 12.6. The van der Waals surface area contributed by atoms with Crippen LogP contribution in [0.4, 0.5) is 11.4 Å². The van der Waals surface area contributed by atoms with Crippen LogP contribution in [0.5, 0.6) is 0 Å². The molecule has 128 valence electrons. The molecule has 0 radical (unpaired) electrons. The second-order valence-corrected chi connectivity index (χ2v) is 6.25. The summed E-state index contributed by atoms with van der Waals surface area (Å²) in [6.07, 6.45) is 3.85. The van der Waals surface area contributed by atoms with Gasteiger partial charge in [-0.25, -0.2) is 4.85 Å². The topological polar surface area (TPSA) is 37.3 Å². The van der Waals surface area contributed by atoms with Crippen LogP contribution >= 0.6 is 0 Å². The minimum absolute atomic E-state index is 0.0954. The molecule has 0 unspecified atom stereocenters. The summed E-state index contributed by atoms with van der Waals surface area (Å²) in [7, 11) is 0. The quantitative estimate of drug-likeness (QED) is 0.552. The molecule has 0 bridgehead atoms. The minimum atomic E-state index is -0.0954. The van der Waals surface area contributed by atoms with E-state index < -0.39 is 0 Å². The Kier molecular flexibility index (Phi) is 5.09. The van der Waals surface area contributed by atoms with Crippen LogP contribution in [0, 0.1) is 20.4 Å². The van der Waals surface area contributed by atoms with E-state index in [0.717, 1.165) is 27.9 Å². The van der Waals surface area contributed by atoms with Gasteiger partial charge in [0.1, 0.15) is 0 Å². The maximum Gasteiger partial charge on any atom is 0.290 e. The molecule has 3 rings (SSSR count). The van der Waals surface area contributed by atoms with Gasteiger partial charge < -0.3 is 5.32 Å². The maximum absolute atomic E-state index is 12.5. The molecule has 4 nitrogen and oxygen atoms in total. The van der Waals surface area contributed by atoms with E-state index in [1.165, 1.54) is 0 Å². The van der Waals surface area contributed by atoms with Gasteiger partial charge in [-0.15, -0.1) is 0 Å². The van der Waals surface area contributed by atoms with Crippen molar-refractivity contribution in [3.05, 3.63) is 89.5 Å². The number of nitrogens with zero attached hydrogens (tertiary/aromatic N) is 2. The zero-order valence-corrected chi connectivity index (χ0v) is 14.9. The first-order valence-corrected chi connectivity index (χ1v) is 8.40. The molecular formula is C22H20N3O+. The lowest BCUT2D eigenvalue weighted by molar-refractivity contribution is -0.683. The molecule has 1 heterocycles. The van der Waals surface area contributed by atoms with Gasteiger partial charge in [0.25, 0.3) is 5.91 Å². The van der Waals surface area contributed by atoms with E-state index in [9.17, 15) is 4.79 Å². The number of amides is 1. The number of carbonyl (C=O) groups excluding carboxylic acids is 1. The highest BCUT2D eigenvalue weighted by molar-refractivity contribution is 5.91. The van der Waals surface area contributed by atoms with Crippen molar-refractivity contribution in [2.75, 3.05) is 5.32 Å². The fourth-order valence-electron chi connectivity index (χ4n) is 2.97. The average Bonchev–Trinajstić information content (AvgIpc) is 2.65. The summed E-state index contributed by atoms with van der Waals surface area (Å²) in [5.74, 6) is -0.0954. The first-order valence-electron chi connectivity index (χ1n) is 8.40. The highest BCUT2D eigenvalue weighted by atomic mass is 16.1. The van der Waals surface area contributed by atoms with Crippen molar-refractivity contribution < 1.29 is 9.36 Å². The van der Waals surface area contributed by atoms with E-state index in [4.69, 9.17) is 6.57 Å². The minimum Gasteiger partial charge on any atom is -0.320 e. The van der Waals surface area contributed by atoms with Crippen LogP contribution < -0.4 is 9.88 Å². The molecule has 0 spiro atoms. The Hall–Kier alpha value is -3.45. The van der Waals surface area contributed by atoms with Crippen LogP contribution in [0.1, 0.15) is 11.1 Å². The van der Waals surface area contributed by atoms with Crippen LogP contribution in [0.25, 0.3) is 16.0 Å². The Morgan fingerprint density at radius 1 is 1.04 bits per heavy atom. The van der Waals surface area contributed by atoms with Gasteiger partial charge in [-0.1, -0.05) is 42.5 Å². The molecular weight excluding hydrogens is 322 g/mol. The van der Waals surface area contributed by atoms with Crippen molar-refractivity contribution in [1.82, 2.24) is 0 Å². The average molecular weight is 342 g/mol. The number of carbonyl (C=O) groups is 1. The fraction of sp³-hybridized carbons (Fsp3) is 0.136. The lowest BCUT2D eigenvalue weighted by atomic mass is 10.1. The normalized spacial score (nSPS) is 10.2. The largest absolute Gasteiger partial charge is 0.320 e. The van der Waals surface area contributed by atoms with Crippen molar-refractivity contribution in [1.29, 1.82) is 0 Å². The van der Waals surface area contributed by atoms with Gasteiger partial charge in [0.15, 0.2) is 18.1 Å². The van der Waals surface area contributed by atoms with Crippen molar-refractivity contribution in [2.45, 2.75) is 20.4 Å². The number of hydrogen-bond acceptors (Lipinski definition) is 1. The molecule has 4 heteroatoms. The summed E-state index contributed by atoms with van der Waals surface area (Å²) in [6.45, 7) is 11.2. The Morgan fingerprint density at radius 2 is 1.69 bits per heavy atom. The predicted octanol–water partition coefficient (Wildman–Crippen LogP) is 4.45. The van der Waals surface area contributed by atoms with Gasteiger partial charge in [-0.05, 0) is 36.6 Å². The van der Waals surface area contributed by atoms with E-state index in [1.54, 1.807) is 12.1 Å². The lowest BCUT2D eigenvalue weighted by Gasteiger charge is -2.11. The molecule has 0 saturated heterocycles. The molecule has 26 heavy (non-hydrogen) atoms. The van der Waals surface area contributed by atoms with Gasteiger partial charge in [0, 0.05) is 17.3 Å². The monoisotopic (exact) mass is 342 g/mol. The first kappa shape index (κ1) is 17.4. The van der Waals surface area contributed by atoms with Gasteiger partial charge in [-0.3, -0.25) is 4.79 Å². The molecule has 0 aliphatic rings. The smallest absolute Gasteiger partial charge is 0.290 e. The Labute approximate surface area is 153 Å². The number of rotatable bonds is 4. The molecule has 0 fully saturated rings. The summed E-state index contributed by atoms with van der Waals surface area (Å²) in [5, 5.41) is 2.97. The zero-order valence-electron chi connectivity index (χ0n) is 14.9. The number of aryl methyl sites for hydroxylation is 2. The van der Waals surface area contributed by atoms with E-state index in [1.807, 2.05) is 73.3 Å². The van der Waals surface area contributed by atoms with Crippen molar-refractivity contribution in [3.8, 4) is 11.1 Å². The summed E-state index contributed by atoms with van der Waals surface area (Å²) < 4.78 is 1.87. The maximum atomic E-state index is 12.5. The Balaban J connectivity index is 1.76. The Morgan fingerprint density at radius 3 is 2.35 bits per heavy atom. The third-order valence-corrected chi connectivity index (χ3v) is 4.20. The number of aromatic nitrogens is 1. The third kappa shape index (κ3) is 3.96. The number of pyridine rings is 1. The van der Waals surface area contributed by atoms with E-state index in [0.29, 0.717) is 5.69 Å². The van der Waals surface area contributed by atoms with Crippen molar-refractivity contribution in [3.63, 3.8) is 0 Å². The number of nitrogens with one attached hydrogen (secondary N) is 1. The summed E-state index contributed by atoms with van der Waals surface area (Å²) in [6, 6.07) is 17.6. The molecule has 1 aromatic heterocycles. The molecule has 3 aromatic rings.